The van der Waals surface area contributed by atoms with Crippen LogP contribution >= 0.6 is 0 Å². The fourth-order valence-corrected chi connectivity index (χ4v) is 4.76. The van der Waals surface area contributed by atoms with Crippen LogP contribution in [0.2, 0.25) is 0 Å². The molecular weight excluding hydrogens is 556 g/mol. The fraction of sp³-hybridized carbons (Fsp3) is 0.676. The van der Waals surface area contributed by atoms with Gasteiger partial charge in [0.15, 0.2) is 11.5 Å². The Morgan fingerprint density at radius 1 is 0.500 bits per heavy atom. The van der Waals surface area contributed by atoms with Gasteiger partial charge in [-0.15, -0.1) is 0 Å². The molecule has 0 radical (unpaired) electrons. The molecule has 2 aromatic carbocycles. The van der Waals surface area contributed by atoms with Gasteiger partial charge < -0.3 is 33.2 Å². The fourth-order valence-electron chi connectivity index (χ4n) is 4.76. The van der Waals surface area contributed by atoms with Crippen LogP contribution in [0.25, 0.3) is 0 Å². The molecule has 0 aliphatic rings. The Bertz CT molecular complexity index is 1000. The molecule has 2 rings (SSSR count). The molecule has 7 heteroatoms. The zero-order valence-electron chi connectivity index (χ0n) is 28.8. The summed E-state index contributed by atoms with van der Waals surface area (Å²) >= 11 is 0. The Labute approximate surface area is 267 Å². The molecule has 0 saturated heterocycles. The van der Waals surface area contributed by atoms with Gasteiger partial charge in [0.1, 0.15) is 17.2 Å². The third kappa shape index (κ3) is 12.0. The lowest BCUT2D eigenvalue weighted by molar-refractivity contribution is -0.221. The summed E-state index contributed by atoms with van der Waals surface area (Å²) in [7, 11) is 3.37. The summed E-state index contributed by atoms with van der Waals surface area (Å²) in [5.41, 5.74) is 1.87. The summed E-state index contributed by atoms with van der Waals surface area (Å²) in [5, 5.41) is 0. The molecule has 0 fully saturated rings. The number of rotatable bonds is 26. The Balaban J connectivity index is 2.49. The Kier molecular flexibility index (Phi) is 18.7. The van der Waals surface area contributed by atoms with E-state index >= 15 is 0 Å². The smallest absolute Gasteiger partial charge is 0.201 e. The molecule has 0 aliphatic carbocycles. The van der Waals surface area contributed by atoms with Crippen molar-refractivity contribution in [2.45, 2.75) is 117 Å². The molecule has 0 spiro atoms. The SMILES string of the molecule is CCCCOc1cc(OCCCC)c(C(CCc2ccc(OCCCC)c(OCCCC)c2)(OC)OC)c(OCCCC)c1. The van der Waals surface area contributed by atoms with Crippen molar-refractivity contribution in [2.24, 2.45) is 0 Å². The lowest BCUT2D eigenvalue weighted by atomic mass is 9.95. The number of hydrogen-bond donors (Lipinski definition) is 0. The molecule has 0 aliphatic heterocycles. The number of aryl methyl sites for hydroxylation is 1. The number of ether oxygens (including phenoxy) is 7. The first kappa shape index (κ1) is 37.5. The van der Waals surface area contributed by atoms with Crippen LogP contribution in [0.1, 0.15) is 116 Å². The van der Waals surface area contributed by atoms with E-state index in [1.807, 2.05) is 18.2 Å². The molecule has 0 N–H and O–H groups in total. The van der Waals surface area contributed by atoms with Gasteiger partial charge in [0.25, 0.3) is 0 Å². The van der Waals surface area contributed by atoms with Crippen LogP contribution in [0.4, 0.5) is 0 Å². The molecule has 0 heterocycles. The topological polar surface area (TPSA) is 64.6 Å². The van der Waals surface area contributed by atoms with Gasteiger partial charge in [0, 0.05) is 32.8 Å². The van der Waals surface area contributed by atoms with E-state index in [-0.39, 0.29) is 0 Å². The summed E-state index contributed by atoms with van der Waals surface area (Å²) in [6.07, 6.45) is 11.3. The second-order valence-corrected chi connectivity index (χ2v) is 11.2. The second-order valence-electron chi connectivity index (χ2n) is 11.2. The maximum Gasteiger partial charge on any atom is 0.201 e. The molecule has 0 aromatic heterocycles. The van der Waals surface area contributed by atoms with Gasteiger partial charge in [-0.1, -0.05) is 72.8 Å². The lowest BCUT2D eigenvalue weighted by Crippen LogP contribution is -2.33. The minimum Gasteiger partial charge on any atom is -0.493 e. The summed E-state index contributed by atoms with van der Waals surface area (Å²) in [5.74, 6) is 2.55. The van der Waals surface area contributed by atoms with Crippen LogP contribution in [0.3, 0.4) is 0 Å². The summed E-state index contributed by atoms with van der Waals surface area (Å²) in [6, 6.07) is 10.1. The van der Waals surface area contributed by atoms with Crippen LogP contribution in [-0.2, 0) is 21.7 Å². The standard InChI is InChI=1S/C37H60O7/c1-8-13-22-40-31-28-34(43-25-16-11-4)36(35(29-31)44-26-17-12-5)37(38-6,39-7)21-20-30-18-19-32(41-23-14-9-2)33(27-30)42-24-15-10-3/h18-19,27-29H,8-17,20-26H2,1-7H3. The minimum atomic E-state index is -1.11. The molecule has 0 amide bonds. The van der Waals surface area contributed by atoms with E-state index in [4.69, 9.17) is 33.2 Å². The highest BCUT2D eigenvalue weighted by Crippen LogP contribution is 2.46. The average Bonchev–Trinajstić information content (AvgIpc) is 3.04. The van der Waals surface area contributed by atoms with Crippen molar-refractivity contribution in [1.29, 1.82) is 0 Å². The molecule has 7 nitrogen and oxygen atoms in total. The number of benzene rings is 2. The zero-order valence-corrected chi connectivity index (χ0v) is 28.8. The highest BCUT2D eigenvalue weighted by molar-refractivity contribution is 5.53. The van der Waals surface area contributed by atoms with Crippen LogP contribution in [0.15, 0.2) is 30.3 Å². The molecule has 2 aromatic rings. The maximum absolute atomic E-state index is 6.41. The van der Waals surface area contributed by atoms with Crippen LogP contribution in [-0.4, -0.2) is 47.3 Å². The van der Waals surface area contributed by atoms with E-state index in [1.54, 1.807) is 14.2 Å². The quantitative estimate of drug-likeness (QED) is 0.0770. The normalized spacial score (nSPS) is 11.4. The van der Waals surface area contributed by atoms with Gasteiger partial charge in [0.05, 0.1) is 38.6 Å². The number of hydrogen-bond acceptors (Lipinski definition) is 7. The van der Waals surface area contributed by atoms with Gasteiger partial charge in [0.2, 0.25) is 5.79 Å². The number of unbranched alkanes of at least 4 members (excludes halogenated alkanes) is 5. The third-order valence-corrected chi connectivity index (χ3v) is 7.62. The molecule has 250 valence electrons. The van der Waals surface area contributed by atoms with Gasteiger partial charge in [-0.2, -0.15) is 0 Å². The molecule has 0 unspecified atom stereocenters. The van der Waals surface area contributed by atoms with Crippen molar-refractivity contribution in [2.75, 3.05) is 47.3 Å². The van der Waals surface area contributed by atoms with E-state index in [2.05, 4.69) is 46.8 Å². The van der Waals surface area contributed by atoms with Gasteiger partial charge in [-0.3, -0.25) is 0 Å². The summed E-state index contributed by atoms with van der Waals surface area (Å²) in [6.45, 7) is 13.9. The first-order valence-electron chi connectivity index (χ1n) is 17.1. The minimum absolute atomic E-state index is 0.536. The van der Waals surface area contributed by atoms with Crippen molar-refractivity contribution >= 4 is 0 Å². The Morgan fingerprint density at radius 3 is 1.39 bits per heavy atom. The molecular formula is C37H60O7. The van der Waals surface area contributed by atoms with Crippen LogP contribution in [0.5, 0.6) is 28.7 Å². The van der Waals surface area contributed by atoms with Crippen LogP contribution < -0.4 is 23.7 Å². The van der Waals surface area contributed by atoms with Crippen molar-refractivity contribution in [3.05, 3.63) is 41.5 Å². The first-order valence-corrected chi connectivity index (χ1v) is 17.1. The predicted molar refractivity (Wildman–Crippen MR) is 179 cm³/mol. The summed E-state index contributed by atoms with van der Waals surface area (Å²) < 4.78 is 43.7. The van der Waals surface area contributed by atoms with E-state index in [1.165, 1.54) is 0 Å². The van der Waals surface area contributed by atoms with Crippen molar-refractivity contribution < 1.29 is 33.2 Å². The molecule has 44 heavy (non-hydrogen) atoms. The average molecular weight is 617 g/mol. The van der Waals surface area contributed by atoms with Gasteiger partial charge in [-0.05, 0) is 56.2 Å². The van der Waals surface area contributed by atoms with E-state index in [0.717, 1.165) is 92.6 Å². The molecule has 0 bridgehead atoms. The monoisotopic (exact) mass is 616 g/mol. The first-order chi connectivity index (χ1) is 21.5. The predicted octanol–water partition coefficient (Wildman–Crippen LogP) is 9.66. The van der Waals surface area contributed by atoms with Crippen molar-refractivity contribution in [1.82, 2.24) is 0 Å². The van der Waals surface area contributed by atoms with E-state index in [0.29, 0.717) is 57.4 Å². The Hall–Kier alpha value is -2.64. The highest BCUT2D eigenvalue weighted by Gasteiger charge is 2.39. The zero-order chi connectivity index (χ0) is 32.0. The van der Waals surface area contributed by atoms with Crippen molar-refractivity contribution in [3.63, 3.8) is 0 Å². The van der Waals surface area contributed by atoms with Crippen LogP contribution in [0, 0.1) is 0 Å². The van der Waals surface area contributed by atoms with E-state index in [9.17, 15) is 0 Å². The molecule has 0 saturated carbocycles. The lowest BCUT2D eigenvalue weighted by Gasteiger charge is -2.34. The molecule has 0 atom stereocenters. The van der Waals surface area contributed by atoms with E-state index < -0.39 is 5.79 Å². The number of methoxy groups -OCH3 is 2. The largest absolute Gasteiger partial charge is 0.493 e. The van der Waals surface area contributed by atoms with Crippen molar-refractivity contribution in [3.8, 4) is 28.7 Å². The Morgan fingerprint density at radius 2 is 0.932 bits per heavy atom. The maximum atomic E-state index is 6.41. The third-order valence-electron chi connectivity index (χ3n) is 7.62. The van der Waals surface area contributed by atoms with Gasteiger partial charge >= 0.3 is 0 Å². The summed E-state index contributed by atoms with van der Waals surface area (Å²) in [4.78, 5) is 0. The second kappa shape index (κ2) is 22.0. The van der Waals surface area contributed by atoms with Gasteiger partial charge in [-0.25, -0.2) is 0 Å². The highest BCUT2D eigenvalue weighted by atomic mass is 16.7.